The number of fused-ring (bicyclic) bond motifs is 1. The lowest BCUT2D eigenvalue weighted by Gasteiger charge is -2.21. The van der Waals surface area contributed by atoms with Gasteiger partial charge in [-0.25, -0.2) is 8.42 Å². The van der Waals surface area contributed by atoms with E-state index >= 15 is 0 Å². The van der Waals surface area contributed by atoms with E-state index in [4.69, 9.17) is 9.47 Å². The molecule has 34 heavy (non-hydrogen) atoms. The number of hydrogen-bond acceptors (Lipinski definition) is 5. The van der Waals surface area contributed by atoms with Crippen molar-refractivity contribution < 1.29 is 27.8 Å². The van der Waals surface area contributed by atoms with Gasteiger partial charge in [0.15, 0.2) is 6.29 Å². The van der Waals surface area contributed by atoms with Gasteiger partial charge in [-0.05, 0) is 55.2 Å². The lowest BCUT2D eigenvalue weighted by Crippen LogP contribution is -2.42. The number of rotatable bonds is 8. The molecule has 2 aromatic carbocycles. The first kappa shape index (κ1) is 24.0. The van der Waals surface area contributed by atoms with E-state index < -0.39 is 22.0 Å². The zero-order valence-corrected chi connectivity index (χ0v) is 19.3. The fraction of sp³-hybridized carbons (Fsp3) is 0.320. The molecular weight excluding hydrogens is 456 g/mol. The molecule has 3 N–H and O–H groups in total. The van der Waals surface area contributed by atoms with Crippen LogP contribution in [0.4, 0.5) is 0 Å². The zero-order chi connectivity index (χ0) is 24.0. The van der Waals surface area contributed by atoms with Crippen LogP contribution in [0.15, 0.2) is 59.6 Å². The topological polar surface area (TPSA) is 118 Å². The standard InChI is InChI=1S/C25H26N2O6S/c28-25(29)23(16-19-17-26-22-8-2-1-7-21(19)22)27-34(30,31)20-12-10-18(11-13-20)6-5-15-33-24-9-3-4-14-32-24/h1-2,7-8,10-13,17,23-24,26-27H,3-4,9,14-16H2,(H,28,29)/t23-,24?/m1/s1. The van der Waals surface area contributed by atoms with E-state index in [9.17, 15) is 18.3 Å². The van der Waals surface area contributed by atoms with Crippen molar-refractivity contribution in [1.29, 1.82) is 0 Å². The minimum Gasteiger partial charge on any atom is -0.480 e. The predicted molar refractivity (Wildman–Crippen MR) is 127 cm³/mol. The van der Waals surface area contributed by atoms with Crippen LogP contribution in [0.2, 0.25) is 0 Å². The molecule has 1 saturated heterocycles. The third-order valence-electron chi connectivity index (χ3n) is 5.57. The number of para-hydroxylation sites is 1. The molecule has 1 aliphatic rings. The number of sulfonamides is 1. The first-order valence-corrected chi connectivity index (χ1v) is 12.5. The summed E-state index contributed by atoms with van der Waals surface area (Å²) in [6.07, 6.45) is 4.48. The molecule has 0 radical (unpaired) electrons. The second kappa shape index (κ2) is 10.8. The molecule has 4 rings (SSSR count). The number of nitrogens with one attached hydrogen (secondary N) is 2. The average molecular weight is 483 g/mol. The van der Waals surface area contributed by atoms with Crippen LogP contribution in [-0.2, 0) is 30.7 Å². The van der Waals surface area contributed by atoms with E-state index in [1.807, 2.05) is 24.3 Å². The fourth-order valence-electron chi connectivity index (χ4n) is 3.79. The summed E-state index contributed by atoms with van der Waals surface area (Å²) in [6.45, 7) is 0.924. The van der Waals surface area contributed by atoms with Crippen molar-refractivity contribution in [2.45, 2.75) is 42.9 Å². The van der Waals surface area contributed by atoms with Crippen molar-refractivity contribution in [3.63, 3.8) is 0 Å². The third kappa shape index (κ3) is 6.04. The Morgan fingerprint density at radius 3 is 2.74 bits per heavy atom. The fourth-order valence-corrected chi connectivity index (χ4v) is 4.98. The van der Waals surface area contributed by atoms with Gasteiger partial charge < -0.3 is 19.6 Å². The number of carbonyl (C=O) groups is 1. The van der Waals surface area contributed by atoms with E-state index in [0.29, 0.717) is 12.2 Å². The average Bonchev–Trinajstić information content (AvgIpc) is 3.25. The Balaban J connectivity index is 1.39. The number of carboxylic acids is 1. The van der Waals surface area contributed by atoms with Crippen molar-refractivity contribution in [3.05, 3.63) is 65.9 Å². The number of carboxylic acid groups (broad SMARTS) is 1. The predicted octanol–water partition coefficient (Wildman–Crippen LogP) is 3.04. The largest absolute Gasteiger partial charge is 0.480 e. The maximum absolute atomic E-state index is 12.8. The SMILES string of the molecule is O=C(O)[C@@H](Cc1c[nH]c2ccccc12)NS(=O)(=O)c1ccc(C#CCOC2CCCCO2)cc1. The van der Waals surface area contributed by atoms with Gasteiger partial charge in [-0.1, -0.05) is 30.0 Å². The zero-order valence-electron chi connectivity index (χ0n) is 18.5. The smallest absolute Gasteiger partial charge is 0.322 e. The van der Waals surface area contributed by atoms with Gasteiger partial charge in [-0.15, -0.1) is 0 Å². The Morgan fingerprint density at radius 1 is 1.21 bits per heavy atom. The van der Waals surface area contributed by atoms with Crippen LogP contribution < -0.4 is 4.72 Å². The summed E-state index contributed by atoms with van der Waals surface area (Å²) in [5.74, 6) is 4.57. The monoisotopic (exact) mass is 482 g/mol. The Kier molecular flexibility index (Phi) is 7.65. The van der Waals surface area contributed by atoms with Gasteiger partial charge in [0.25, 0.3) is 0 Å². The molecule has 1 aromatic heterocycles. The number of benzene rings is 2. The normalized spacial score (nSPS) is 17.1. The van der Waals surface area contributed by atoms with Crippen molar-refractivity contribution in [1.82, 2.24) is 9.71 Å². The summed E-state index contributed by atoms with van der Waals surface area (Å²) in [7, 11) is -4.05. The molecule has 3 aromatic rings. The van der Waals surface area contributed by atoms with Gasteiger partial charge in [0.05, 0.1) is 4.90 Å². The Bertz CT molecular complexity index is 1300. The minimum absolute atomic E-state index is 0.00679. The quantitative estimate of drug-likeness (QED) is 0.425. The van der Waals surface area contributed by atoms with E-state index in [0.717, 1.165) is 35.7 Å². The second-order valence-electron chi connectivity index (χ2n) is 8.01. The van der Waals surface area contributed by atoms with E-state index in [2.05, 4.69) is 21.5 Å². The highest BCUT2D eigenvalue weighted by Gasteiger charge is 2.26. The number of aliphatic carboxylic acids is 1. The Labute approximate surface area is 198 Å². The van der Waals surface area contributed by atoms with Gasteiger partial charge in [0.1, 0.15) is 12.6 Å². The highest BCUT2D eigenvalue weighted by atomic mass is 32.2. The van der Waals surface area contributed by atoms with Crippen LogP contribution in [0.3, 0.4) is 0 Å². The van der Waals surface area contributed by atoms with Crippen LogP contribution in [0.25, 0.3) is 10.9 Å². The lowest BCUT2D eigenvalue weighted by atomic mass is 10.1. The Morgan fingerprint density at radius 2 is 2.00 bits per heavy atom. The van der Waals surface area contributed by atoms with Gasteiger partial charge in [0, 0.05) is 35.7 Å². The molecule has 1 unspecified atom stereocenters. The van der Waals surface area contributed by atoms with Crippen molar-refractivity contribution in [2.24, 2.45) is 0 Å². The van der Waals surface area contributed by atoms with Crippen LogP contribution in [0.1, 0.15) is 30.4 Å². The van der Waals surface area contributed by atoms with Gasteiger partial charge in [-0.2, -0.15) is 4.72 Å². The molecular formula is C25H26N2O6S. The number of H-pyrrole nitrogens is 1. The molecule has 178 valence electrons. The van der Waals surface area contributed by atoms with E-state index in [1.165, 1.54) is 12.1 Å². The molecule has 0 bridgehead atoms. The van der Waals surface area contributed by atoms with Crippen LogP contribution in [-0.4, -0.2) is 50.0 Å². The van der Waals surface area contributed by atoms with Gasteiger partial charge in [0.2, 0.25) is 10.0 Å². The number of aromatic nitrogens is 1. The van der Waals surface area contributed by atoms with Crippen molar-refractivity contribution in [3.8, 4) is 11.8 Å². The van der Waals surface area contributed by atoms with E-state index in [-0.39, 0.29) is 24.2 Å². The summed E-state index contributed by atoms with van der Waals surface area (Å²) >= 11 is 0. The minimum atomic E-state index is -4.05. The summed E-state index contributed by atoms with van der Waals surface area (Å²) in [4.78, 5) is 14.9. The molecule has 0 spiro atoms. The van der Waals surface area contributed by atoms with Gasteiger partial charge in [-0.3, -0.25) is 4.79 Å². The van der Waals surface area contributed by atoms with Crippen molar-refractivity contribution in [2.75, 3.05) is 13.2 Å². The number of hydrogen-bond donors (Lipinski definition) is 3. The summed E-state index contributed by atoms with van der Waals surface area (Å²) in [5.41, 5.74) is 2.20. The second-order valence-corrected chi connectivity index (χ2v) is 9.72. The maximum Gasteiger partial charge on any atom is 0.322 e. The number of ether oxygens (including phenoxy) is 2. The molecule has 2 atom stereocenters. The van der Waals surface area contributed by atoms with Crippen LogP contribution in [0.5, 0.6) is 0 Å². The first-order valence-electron chi connectivity index (χ1n) is 11.0. The molecule has 9 heteroatoms. The number of aromatic amines is 1. The highest BCUT2D eigenvalue weighted by molar-refractivity contribution is 7.89. The Hall–Kier alpha value is -3.16. The summed E-state index contributed by atoms with van der Waals surface area (Å²) < 4.78 is 39.0. The van der Waals surface area contributed by atoms with Crippen LogP contribution >= 0.6 is 0 Å². The summed E-state index contributed by atoms with van der Waals surface area (Å²) in [5, 5.41) is 10.5. The first-order chi connectivity index (χ1) is 16.4. The van der Waals surface area contributed by atoms with E-state index in [1.54, 1.807) is 18.3 Å². The summed E-state index contributed by atoms with van der Waals surface area (Å²) in [6, 6.07) is 12.1. The molecule has 0 saturated carbocycles. The lowest BCUT2D eigenvalue weighted by molar-refractivity contribution is -0.154. The van der Waals surface area contributed by atoms with Crippen LogP contribution in [0, 0.1) is 11.8 Å². The third-order valence-corrected chi connectivity index (χ3v) is 7.06. The van der Waals surface area contributed by atoms with Gasteiger partial charge >= 0.3 is 5.97 Å². The molecule has 1 fully saturated rings. The van der Waals surface area contributed by atoms with Crippen molar-refractivity contribution >= 4 is 26.9 Å². The molecule has 8 nitrogen and oxygen atoms in total. The molecule has 0 aliphatic carbocycles. The molecule has 0 amide bonds. The highest BCUT2D eigenvalue weighted by Crippen LogP contribution is 2.20. The molecule has 1 aliphatic heterocycles. The molecule has 2 heterocycles. The maximum atomic E-state index is 12.8.